The first-order valence-corrected chi connectivity index (χ1v) is 6.82. The summed E-state index contributed by atoms with van der Waals surface area (Å²) in [6, 6.07) is 0. The van der Waals surface area contributed by atoms with Crippen LogP contribution in [0.3, 0.4) is 0 Å². The van der Waals surface area contributed by atoms with Crippen LogP contribution < -0.4 is 5.32 Å². The van der Waals surface area contributed by atoms with Crippen LogP contribution in [0.1, 0.15) is 25.7 Å². The lowest BCUT2D eigenvalue weighted by Gasteiger charge is -2.35. The molecule has 4 heteroatoms. The van der Waals surface area contributed by atoms with Gasteiger partial charge in [-0.2, -0.15) is 11.8 Å². The number of nitrogens with one attached hydrogen (secondary N) is 1. The fourth-order valence-corrected chi connectivity index (χ4v) is 3.17. The third-order valence-electron chi connectivity index (χ3n) is 3.37. The van der Waals surface area contributed by atoms with Gasteiger partial charge in [0.05, 0.1) is 5.60 Å². The van der Waals surface area contributed by atoms with Crippen LogP contribution in [0.5, 0.6) is 0 Å². The molecular weight excluding hydrogens is 210 g/mol. The molecular formula is C11H19NO2S. The smallest absolute Gasteiger partial charge is 0.223 e. The van der Waals surface area contributed by atoms with Gasteiger partial charge in [-0.3, -0.25) is 4.79 Å². The predicted molar refractivity (Wildman–Crippen MR) is 62.0 cm³/mol. The van der Waals surface area contributed by atoms with Gasteiger partial charge in [-0.05, 0) is 37.2 Å². The van der Waals surface area contributed by atoms with Gasteiger partial charge in [0.1, 0.15) is 0 Å². The molecule has 2 fully saturated rings. The predicted octanol–water partition coefficient (Wildman–Crippen LogP) is 1.42. The van der Waals surface area contributed by atoms with E-state index in [0.29, 0.717) is 12.5 Å². The first kappa shape index (κ1) is 11.3. The van der Waals surface area contributed by atoms with Crippen LogP contribution in [0.25, 0.3) is 0 Å². The van der Waals surface area contributed by atoms with Crippen molar-refractivity contribution in [1.29, 1.82) is 0 Å². The zero-order chi connectivity index (χ0) is 10.7. The Morgan fingerprint density at radius 3 is 2.67 bits per heavy atom. The second-order valence-electron chi connectivity index (χ2n) is 4.49. The number of methoxy groups -OCH3 is 1. The van der Waals surface area contributed by atoms with Crippen molar-refractivity contribution in [2.45, 2.75) is 31.3 Å². The molecule has 2 aliphatic rings. The SMILES string of the molecule is COC1(CNC(=O)C2CC2)CCSCC1. The van der Waals surface area contributed by atoms with Gasteiger partial charge in [0.2, 0.25) is 5.91 Å². The van der Waals surface area contributed by atoms with Crippen molar-refractivity contribution in [2.24, 2.45) is 5.92 Å². The Hall–Kier alpha value is -0.220. The van der Waals surface area contributed by atoms with Crippen LogP contribution in [-0.2, 0) is 9.53 Å². The first-order chi connectivity index (χ1) is 7.26. The number of thioether (sulfide) groups is 1. The van der Waals surface area contributed by atoms with E-state index in [2.05, 4.69) is 5.32 Å². The monoisotopic (exact) mass is 229 g/mol. The normalized spacial score (nSPS) is 24.9. The van der Waals surface area contributed by atoms with Crippen molar-refractivity contribution in [3.63, 3.8) is 0 Å². The summed E-state index contributed by atoms with van der Waals surface area (Å²) < 4.78 is 5.60. The highest BCUT2D eigenvalue weighted by atomic mass is 32.2. The molecule has 0 atom stereocenters. The van der Waals surface area contributed by atoms with Crippen molar-refractivity contribution in [1.82, 2.24) is 5.32 Å². The number of amides is 1. The summed E-state index contributed by atoms with van der Waals surface area (Å²) in [5.74, 6) is 2.82. The average Bonchev–Trinajstić information content (AvgIpc) is 3.11. The van der Waals surface area contributed by atoms with Gasteiger partial charge in [-0.25, -0.2) is 0 Å². The lowest BCUT2D eigenvalue weighted by atomic mass is 9.96. The Morgan fingerprint density at radius 2 is 2.13 bits per heavy atom. The van der Waals surface area contributed by atoms with Crippen LogP contribution in [0.4, 0.5) is 0 Å². The van der Waals surface area contributed by atoms with Gasteiger partial charge >= 0.3 is 0 Å². The minimum absolute atomic E-state index is 0.0875. The molecule has 1 amide bonds. The number of carbonyl (C=O) groups excluding carboxylic acids is 1. The Kier molecular flexibility index (Phi) is 3.57. The van der Waals surface area contributed by atoms with Gasteiger partial charge in [0.15, 0.2) is 0 Å². The standard InChI is InChI=1S/C11H19NO2S/c1-14-11(4-6-15-7-5-11)8-12-10(13)9-2-3-9/h9H,2-8H2,1H3,(H,12,13). The molecule has 3 nitrogen and oxygen atoms in total. The zero-order valence-corrected chi connectivity index (χ0v) is 10.1. The molecule has 0 aromatic heterocycles. The van der Waals surface area contributed by atoms with Gasteiger partial charge < -0.3 is 10.1 Å². The van der Waals surface area contributed by atoms with Crippen LogP contribution >= 0.6 is 11.8 Å². The van der Waals surface area contributed by atoms with E-state index in [0.717, 1.165) is 37.2 Å². The van der Waals surface area contributed by atoms with Gasteiger partial charge in [0, 0.05) is 19.6 Å². The van der Waals surface area contributed by atoms with E-state index in [-0.39, 0.29) is 11.5 Å². The first-order valence-electron chi connectivity index (χ1n) is 5.66. The molecule has 1 heterocycles. The van der Waals surface area contributed by atoms with Crippen LogP contribution in [0.2, 0.25) is 0 Å². The maximum atomic E-state index is 11.5. The lowest BCUT2D eigenvalue weighted by Crippen LogP contribution is -2.47. The highest BCUT2D eigenvalue weighted by molar-refractivity contribution is 7.99. The second kappa shape index (κ2) is 4.74. The molecule has 1 saturated carbocycles. The van der Waals surface area contributed by atoms with E-state index in [1.54, 1.807) is 7.11 Å². The van der Waals surface area contributed by atoms with E-state index in [4.69, 9.17) is 4.74 Å². The number of ether oxygens (including phenoxy) is 1. The molecule has 0 radical (unpaired) electrons. The van der Waals surface area contributed by atoms with E-state index in [1.807, 2.05) is 11.8 Å². The van der Waals surface area contributed by atoms with Crippen molar-refractivity contribution >= 4 is 17.7 Å². The van der Waals surface area contributed by atoms with Crippen molar-refractivity contribution in [3.05, 3.63) is 0 Å². The molecule has 1 aliphatic carbocycles. The number of rotatable bonds is 4. The fraction of sp³-hybridized carbons (Fsp3) is 0.909. The van der Waals surface area contributed by atoms with Crippen molar-refractivity contribution in [3.8, 4) is 0 Å². The molecule has 86 valence electrons. The molecule has 0 spiro atoms. The van der Waals surface area contributed by atoms with E-state index >= 15 is 0 Å². The Labute approximate surface area is 95.3 Å². The molecule has 0 unspecified atom stereocenters. The second-order valence-corrected chi connectivity index (χ2v) is 5.72. The summed E-state index contributed by atoms with van der Waals surface area (Å²) in [5, 5.41) is 3.03. The number of hydrogen-bond donors (Lipinski definition) is 1. The maximum absolute atomic E-state index is 11.5. The Bertz CT molecular complexity index is 235. The zero-order valence-electron chi connectivity index (χ0n) is 9.25. The lowest BCUT2D eigenvalue weighted by molar-refractivity contribution is -0.124. The molecule has 0 bridgehead atoms. The fourth-order valence-electron chi connectivity index (χ4n) is 1.93. The van der Waals surface area contributed by atoms with Crippen LogP contribution in [0.15, 0.2) is 0 Å². The minimum atomic E-state index is -0.0875. The summed E-state index contributed by atoms with van der Waals surface area (Å²) in [4.78, 5) is 11.5. The highest BCUT2D eigenvalue weighted by Gasteiger charge is 2.35. The van der Waals surface area contributed by atoms with Gasteiger partial charge in [-0.15, -0.1) is 0 Å². The molecule has 15 heavy (non-hydrogen) atoms. The third kappa shape index (κ3) is 2.88. The minimum Gasteiger partial charge on any atom is -0.376 e. The number of carbonyl (C=O) groups is 1. The number of hydrogen-bond acceptors (Lipinski definition) is 3. The molecule has 0 aromatic rings. The summed E-state index contributed by atoms with van der Waals surface area (Å²) in [7, 11) is 1.76. The van der Waals surface area contributed by atoms with Crippen LogP contribution in [-0.4, -0.2) is 36.7 Å². The average molecular weight is 229 g/mol. The van der Waals surface area contributed by atoms with Crippen molar-refractivity contribution < 1.29 is 9.53 Å². The highest BCUT2D eigenvalue weighted by Crippen LogP contribution is 2.31. The van der Waals surface area contributed by atoms with Gasteiger partial charge in [-0.1, -0.05) is 0 Å². The Morgan fingerprint density at radius 1 is 1.47 bits per heavy atom. The van der Waals surface area contributed by atoms with E-state index in [1.165, 1.54) is 0 Å². The molecule has 1 saturated heterocycles. The van der Waals surface area contributed by atoms with Gasteiger partial charge in [0.25, 0.3) is 0 Å². The summed E-state index contributed by atoms with van der Waals surface area (Å²) in [6.07, 6.45) is 4.25. The largest absolute Gasteiger partial charge is 0.376 e. The quantitative estimate of drug-likeness (QED) is 0.792. The Balaban J connectivity index is 1.80. The van der Waals surface area contributed by atoms with Crippen LogP contribution in [0, 0.1) is 5.92 Å². The topological polar surface area (TPSA) is 38.3 Å². The molecule has 0 aromatic carbocycles. The van der Waals surface area contributed by atoms with E-state index < -0.39 is 0 Å². The summed E-state index contributed by atoms with van der Waals surface area (Å²) in [6.45, 7) is 0.694. The van der Waals surface area contributed by atoms with Crippen molar-refractivity contribution in [2.75, 3.05) is 25.2 Å². The molecule has 2 rings (SSSR count). The maximum Gasteiger partial charge on any atom is 0.223 e. The third-order valence-corrected chi connectivity index (χ3v) is 4.36. The summed E-state index contributed by atoms with van der Waals surface area (Å²) >= 11 is 1.97. The summed E-state index contributed by atoms with van der Waals surface area (Å²) in [5.41, 5.74) is -0.0875. The molecule has 1 N–H and O–H groups in total. The van der Waals surface area contributed by atoms with E-state index in [9.17, 15) is 4.79 Å². The molecule has 1 aliphatic heterocycles.